The highest BCUT2D eigenvalue weighted by molar-refractivity contribution is 6.33. The van der Waals surface area contributed by atoms with E-state index < -0.39 is 0 Å². The van der Waals surface area contributed by atoms with E-state index in [4.69, 9.17) is 11.6 Å². The summed E-state index contributed by atoms with van der Waals surface area (Å²) < 4.78 is 0. The van der Waals surface area contributed by atoms with Crippen LogP contribution in [0.2, 0.25) is 0 Å². The number of nitrogens with zero attached hydrogens (tertiary/aromatic N) is 3. The van der Waals surface area contributed by atoms with E-state index in [0.717, 1.165) is 34.8 Å². The molecule has 26 heavy (non-hydrogen) atoms. The van der Waals surface area contributed by atoms with E-state index >= 15 is 0 Å². The number of hydrogen-bond donors (Lipinski definition) is 0. The summed E-state index contributed by atoms with van der Waals surface area (Å²) in [6, 6.07) is 20.8. The van der Waals surface area contributed by atoms with Crippen LogP contribution in [0.4, 0.5) is 11.4 Å². The Hall–Kier alpha value is -2.23. The van der Waals surface area contributed by atoms with Gasteiger partial charge in [-0.25, -0.2) is 0 Å². The molecule has 2 aromatic rings. The van der Waals surface area contributed by atoms with E-state index in [9.17, 15) is 0 Å². The van der Waals surface area contributed by atoms with Crippen LogP contribution in [0.5, 0.6) is 0 Å². The first-order valence-corrected chi connectivity index (χ1v) is 9.41. The predicted molar refractivity (Wildman–Crippen MR) is 110 cm³/mol. The number of hydrogen-bond acceptors (Lipinski definition) is 3. The third-order valence-electron chi connectivity index (χ3n) is 5.34. The van der Waals surface area contributed by atoms with Crippen molar-refractivity contribution in [3.8, 4) is 0 Å². The highest BCUT2D eigenvalue weighted by Gasteiger charge is 2.43. The van der Waals surface area contributed by atoms with Gasteiger partial charge in [0.25, 0.3) is 0 Å². The summed E-state index contributed by atoms with van der Waals surface area (Å²) in [6.07, 6.45) is 6.20. The SMILES string of the molecule is CN1C2CCC1C(C=Nc1ccccc1)C(Cl)=C2C=Nc1ccccc1. The molecular weight excluding hydrogens is 342 g/mol. The maximum Gasteiger partial charge on any atom is 0.0629 e. The Morgan fingerprint density at radius 3 is 2.19 bits per heavy atom. The molecule has 3 unspecified atom stereocenters. The van der Waals surface area contributed by atoms with Crippen LogP contribution in [0.1, 0.15) is 12.8 Å². The minimum Gasteiger partial charge on any atom is -0.295 e. The molecule has 0 radical (unpaired) electrons. The van der Waals surface area contributed by atoms with Crippen molar-refractivity contribution in [3.63, 3.8) is 0 Å². The Morgan fingerprint density at radius 2 is 1.54 bits per heavy atom. The summed E-state index contributed by atoms with van der Waals surface area (Å²) in [4.78, 5) is 11.7. The van der Waals surface area contributed by atoms with Gasteiger partial charge in [-0.2, -0.15) is 0 Å². The normalized spacial score (nSPS) is 26.3. The lowest BCUT2D eigenvalue weighted by Crippen LogP contribution is -2.43. The lowest BCUT2D eigenvalue weighted by molar-refractivity contribution is 0.233. The summed E-state index contributed by atoms with van der Waals surface area (Å²) in [5.41, 5.74) is 3.03. The average molecular weight is 364 g/mol. The highest BCUT2D eigenvalue weighted by atomic mass is 35.5. The third-order valence-corrected chi connectivity index (χ3v) is 5.81. The Morgan fingerprint density at radius 1 is 0.923 bits per heavy atom. The number of fused-ring (bicyclic) bond motifs is 2. The first-order valence-electron chi connectivity index (χ1n) is 9.04. The van der Waals surface area contributed by atoms with Crippen molar-refractivity contribution in [1.82, 2.24) is 4.90 Å². The van der Waals surface area contributed by atoms with Crippen molar-refractivity contribution in [2.24, 2.45) is 15.9 Å². The van der Waals surface area contributed by atoms with Crippen LogP contribution >= 0.6 is 11.6 Å². The van der Waals surface area contributed by atoms with E-state index in [1.54, 1.807) is 0 Å². The van der Waals surface area contributed by atoms with E-state index in [1.165, 1.54) is 0 Å². The van der Waals surface area contributed by atoms with E-state index in [2.05, 4.69) is 21.9 Å². The molecule has 0 amide bonds. The van der Waals surface area contributed by atoms with Gasteiger partial charge in [0.1, 0.15) is 0 Å². The first kappa shape index (κ1) is 17.2. The van der Waals surface area contributed by atoms with Crippen LogP contribution in [-0.2, 0) is 0 Å². The summed E-state index contributed by atoms with van der Waals surface area (Å²) in [6.45, 7) is 0. The zero-order valence-corrected chi connectivity index (χ0v) is 15.6. The van der Waals surface area contributed by atoms with Crippen LogP contribution in [0, 0.1) is 5.92 Å². The fraction of sp³-hybridized carbons (Fsp3) is 0.273. The Bertz CT molecular complexity index is 842. The molecule has 3 atom stereocenters. The second kappa shape index (κ2) is 7.56. The highest BCUT2D eigenvalue weighted by Crippen LogP contribution is 2.42. The van der Waals surface area contributed by atoms with Crippen molar-refractivity contribution in [1.29, 1.82) is 0 Å². The lowest BCUT2D eigenvalue weighted by Gasteiger charge is -2.36. The summed E-state index contributed by atoms with van der Waals surface area (Å²) in [5, 5.41) is 0.884. The predicted octanol–water partition coefficient (Wildman–Crippen LogP) is 5.38. The molecule has 2 heterocycles. The fourth-order valence-corrected chi connectivity index (χ4v) is 4.32. The van der Waals surface area contributed by atoms with Gasteiger partial charge in [0.2, 0.25) is 0 Å². The lowest BCUT2D eigenvalue weighted by atomic mass is 9.93. The van der Waals surface area contributed by atoms with Crippen LogP contribution in [0.3, 0.4) is 0 Å². The van der Waals surface area contributed by atoms with Crippen LogP contribution in [0.15, 0.2) is 81.3 Å². The molecule has 1 fully saturated rings. The van der Waals surface area contributed by atoms with Crippen molar-refractivity contribution >= 4 is 35.4 Å². The zero-order valence-electron chi connectivity index (χ0n) is 14.8. The minimum atomic E-state index is 0.109. The molecule has 1 saturated heterocycles. The van der Waals surface area contributed by atoms with Crippen molar-refractivity contribution in [2.45, 2.75) is 24.9 Å². The second-order valence-electron chi connectivity index (χ2n) is 6.86. The molecule has 2 aliphatic rings. The Labute approximate surface area is 159 Å². The Balaban J connectivity index is 1.65. The van der Waals surface area contributed by atoms with Gasteiger partial charge in [-0.3, -0.25) is 14.9 Å². The van der Waals surface area contributed by atoms with Gasteiger partial charge in [0, 0.05) is 41.0 Å². The smallest absolute Gasteiger partial charge is 0.0629 e. The van der Waals surface area contributed by atoms with Crippen LogP contribution in [0.25, 0.3) is 0 Å². The monoisotopic (exact) mass is 363 g/mol. The molecule has 0 spiro atoms. The summed E-state index contributed by atoms with van der Waals surface area (Å²) in [7, 11) is 2.19. The molecule has 3 nitrogen and oxygen atoms in total. The molecule has 4 rings (SSSR count). The van der Waals surface area contributed by atoms with Gasteiger partial charge in [0.15, 0.2) is 0 Å². The van der Waals surface area contributed by atoms with E-state index in [1.807, 2.05) is 73.1 Å². The first-order chi connectivity index (χ1) is 12.7. The summed E-state index contributed by atoms with van der Waals surface area (Å²) >= 11 is 6.85. The molecule has 0 N–H and O–H groups in total. The van der Waals surface area contributed by atoms with Crippen LogP contribution in [-0.4, -0.2) is 36.5 Å². The van der Waals surface area contributed by atoms with E-state index in [-0.39, 0.29) is 5.92 Å². The van der Waals surface area contributed by atoms with Crippen LogP contribution < -0.4 is 0 Å². The number of para-hydroxylation sites is 2. The number of aliphatic imine (C=N–C) groups is 2. The van der Waals surface area contributed by atoms with Gasteiger partial charge in [-0.1, -0.05) is 48.0 Å². The maximum absolute atomic E-state index is 6.85. The Kier molecular flexibility index (Phi) is 5.00. The standard InChI is InChI=1S/C22H22ClN3/c1-26-20-12-13-21(26)19(15-25-17-10-6-3-7-11-17)22(23)18(20)14-24-16-8-4-2-5-9-16/h2-11,14-15,18,20-21H,12-13H2,1H3. The van der Waals surface area contributed by atoms with Crippen molar-refractivity contribution in [3.05, 3.63) is 71.3 Å². The van der Waals surface area contributed by atoms with Crippen molar-refractivity contribution < 1.29 is 0 Å². The van der Waals surface area contributed by atoms with Gasteiger partial charge < -0.3 is 0 Å². The molecule has 132 valence electrons. The zero-order chi connectivity index (χ0) is 17.9. The number of likely N-dealkylation sites (N-methyl/N-ethyl adjacent to an activating group) is 1. The van der Waals surface area contributed by atoms with Gasteiger partial charge >= 0.3 is 0 Å². The van der Waals surface area contributed by atoms with Gasteiger partial charge in [0.05, 0.1) is 11.4 Å². The molecule has 0 saturated carbocycles. The van der Waals surface area contributed by atoms with Gasteiger partial charge in [-0.05, 0) is 44.2 Å². The summed E-state index contributed by atoms with van der Waals surface area (Å²) in [5.74, 6) is 0.109. The molecule has 4 heteroatoms. The molecule has 2 aliphatic heterocycles. The fourth-order valence-electron chi connectivity index (χ4n) is 3.95. The third kappa shape index (κ3) is 3.37. The molecule has 2 aromatic carbocycles. The number of rotatable bonds is 4. The van der Waals surface area contributed by atoms with E-state index in [0.29, 0.717) is 12.1 Å². The topological polar surface area (TPSA) is 28.0 Å². The maximum atomic E-state index is 6.85. The number of halogens is 1. The second-order valence-corrected chi connectivity index (χ2v) is 7.27. The molecule has 0 aliphatic carbocycles. The van der Waals surface area contributed by atoms with Crippen molar-refractivity contribution in [2.75, 3.05) is 7.05 Å². The molecular formula is C22H22ClN3. The molecule has 2 bridgehead atoms. The quantitative estimate of drug-likeness (QED) is 0.670. The average Bonchev–Trinajstić information content (AvgIpc) is 2.98. The molecule has 0 aromatic heterocycles. The number of benzene rings is 2. The largest absolute Gasteiger partial charge is 0.295 e. The van der Waals surface area contributed by atoms with Gasteiger partial charge in [-0.15, -0.1) is 0 Å². The minimum absolute atomic E-state index is 0.109.